The van der Waals surface area contributed by atoms with E-state index >= 15 is 0 Å². The van der Waals surface area contributed by atoms with E-state index in [1.165, 1.54) is 0 Å². The first-order valence-corrected chi connectivity index (χ1v) is 4.88. The second kappa shape index (κ2) is 2.88. The number of aliphatic hydroxyl groups excluding tert-OH is 1. The van der Waals surface area contributed by atoms with Crippen LogP contribution in [-0.2, 0) is 4.74 Å². The van der Waals surface area contributed by atoms with E-state index in [1.807, 2.05) is 26.0 Å². The van der Waals surface area contributed by atoms with Crippen LogP contribution in [0.3, 0.4) is 0 Å². The fourth-order valence-electron chi connectivity index (χ4n) is 1.90. The van der Waals surface area contributed by atoms with E-state index in [2.05, 4.69) is 0 Å². The van der Waals surface area contributed by atoms with Crippen molar-refractivity contribution in [3.8, 4) is 0 Å². The van der Waals surface area contributed by atoms with Crippen molar-refractivity contribution >= 4 is 0 Å². The zero-order chi connectivity index (χ0) is 9.47. The SMILES string of the molecule is CC1(C)C=CC2=C(CCCC2O)O1. The Bertz CT molecular complexity index is 274. The fourth-order valence-corrected chi connectivity index (χ4v) is 1.90. The van der Waals surface area contributed by atoms with Gasteiger partial charge in [-0.15, -0.1) is 0 Å². The van der Waals surface area contributed by atoms with Crippen LogP contribution >= 0.6 is 0 Å². The molecule has 0 bridgehead atoms. The summed E-state index contributed by atoms with van der Waals surface area (Å²) in [5.74, 6) is 0.992. The molecule has 0 aromatic heterocycles. The first-order chi connectivity index (χ1) is 6.08. The van der Waals surface area contributed by atoms with Crippen molar-refractivity contribution in [2.45, 2.75) is 44.8 Å². The van der Waals surface area contributed by atoms with Crippen LogP contribution in [0.4, 0.5) is 0 Å². The summed E-state index contributed by atoms with van der Waals surface area (Å²) in [6, 6.07) is 0. The van der Waals surface area contributed by atoms with E-state index in [0.717, 1.165) is 30.6 Å². The Morgan fingerprint density at radius 3 is 3.08 bits per heavy atom. The molecule has 2 heteroatoms. The highest BCUT2D eigenvalue weighted by molar-refractivity contribution is 5.33. The number of allylic oxidation sites excluding steroid dienone is 1. The van der Waals surface area contributed by atoms with Gasteiger partial charge in [-0.25, -0.2) is 0 Å². The zero-order valence-corrected chi connectivity index (χ0v) is 8.21. The molecule has 2 rings (SSSR count). The second-order valence-electron chi connectivity index (χ2n) is 4.33. The molecule has 1 N–H and O–H groups in total. The van der Waals surface area contributed by atoms with Gasteiger partial charge in [-0.1, -0.05) is 6.08 Å². The smallest absolute Gasteiger partial charge is 0.121 e. The number of hydrogen-bond acceptors (Lipinski definition) is 2. The third-order valence-electron chi connectivity index (χ3n) is 2.61. The molecule has 1 unspecified atom stereocenters. The molecule has 0 radical (unpaired) electrons. The monoisotopic (exact) mass is 180 g/mol. The third-order valence-corrected chi connectivity index (χ3v) is 2.61. The largest absolute Gasteiger partial charge is 0.488 e. The minimum absolute atomic E-state index is 0.199. The standard InChI is InChI=1S/C11H16O2/c1-11(2)7-6-8-9(12)4-3-5-10(8)13-11/h6-7,9,12H,3-5H2,1-2H3. The van der Waals surface area contributed by atoms with Gasteiger partial charge < -0.3 is 9.84 Å². The van der Waals surface area contributed by atoms with Gasteiger partial charge in [0.25, 0.3) is 0 Å². The molecule has 1 aliphatic carbocycles. The maximum Gasteiger partial charge on any atom is 0.121 e. The minimum atomic E-state index is -0.309. The molecule has 0 amide bonds. The number of rotatable bonds is 0. The Balaban J connectivity index is 2.28. The summed E-state index contributed by atoms with van der Waals surface area (Å²) in [6.07, 6.45) is 6.59. The quantitative estimate of drug-likeness (QED) is 0.619. The molecule has 0 aromatic rings. The molecular formula is C11H16O2. The predicted octanol–water partition coefficient (Wildman–Crippen LogP) is 2.15. The normalized spacial score (nSPS) is 31.2. The molecule has 2 nitrogen and oxygen atoms in total. The lowest BCUT2D eigenvalue weighted by Crippen LogP contribution is -2.29. The highest BCUT2D eigenvalue weighted by Crippen LogP contribution is 2.34. The minimum Gasteiger partial charge on any atom is -0.488 e. The van der Waals surface area contributed by atoms with Crippen LogP contribution in [0.2, 0.25) is 0 Å². The van der Waals surface area contributed by atoms with Crippen LogP contribution in [0.5, 0.6) is 0 Å². The van der Waals surface area contributed by atoms with Crippen molar-refractivity contribution in [1.82, 2.24) is 0 Å². The average molecular weight is 180 g/mol. The van der Waals surface area contributed by atoms with Gasteiger partial charge in [0, 0.05) is 12.0 Å². The zero-order valence-electron chi connectivity index (χ0n) is 8.21. The van der Waals surface area contributed by atoms with E-state index in [-0.39, 0.29) is 11.7 Å². The fraction of sp³-hybridized carbons (Fsp3) is 0.636. The summed E-state index contributed by atoms with van der Waals surface area (Å²) >= 11 is 0. The summed E-state index contributed by atoms with van der Waals surface area (Å²) in [7, 11) is 0. The summed E-state index contributed by atoms with van der Waals surface area (Å²) in [5.41, 5.74) is 0.793. The number of hydrogen-bond donors (Lipinski definition) is 1. The molecule has 0 aromatic carbocycles. The number of aliphatic hydroxyl groups is 1. The molecule has 1 heterocycles. The van der Waals surface area contributed by atoms with Gasteiger partial charge in [0.2, 0.25) is 0 Å². The first kappa shape index (κ1) is 8.82. The highest BCUT2D eigenvalue weighted by Gasteiger charge is 2.28. The molecule has 0 saturated heterocycles. The maximum atomic E-state index is 9.69. The second-order valence-corrected chi connectivity index (χ2v) is 4.33. The van der Waals surface area contributed by atoms with Crippen molar-refractivity contribution < 1.29 is 9.84 Å². The van der Waals surface area contributed by atoms with Crippen molar-refractivity contribution in [3.63, 3.8) is 0 Å². The molecule has 13 heavy (non-hydrogen) atoms. The van der Waals surface area contributed by atoms with Crippen molar-refractivity contribution in [2.24, 2.45) is 0 Å². The Morgan fingerprint density at radius 2 is 2.31 bits per heavy atom. The lowest BCUT2D eigenvalue weighted by atomic mass is 9.90. The third kappa shape index (κ3) is 1.63. The molecule has 1 aliphatic heterocycles. The molecule has 2 aliphatic rings. The van der Waals surface area contributed by atoms with E-state index in [1.54, 1.807) is 0 Å². The van der Waals surface area contributed by atoms with Gasteiger partial charge in [0.05, 0.1) is 6.10 Å². The van der Waals surface area contributed by atoms with Gasteiger partial charge in [-0.3, -0.25) is 0 Å². The summed E-state index contributed by atoms with van der Waals surface area (Å²) in [5, 5.41) is 9.69. The van der Waals surface area contributed by atoms with Gasteiger partial charge in [0.1, 0.15) is 11.4 Å². The van der Waals surface area contributed by atoms with Gasteiger partial charge in [-0.05, 0) is 32.8 Å². The molecule has 72 valence electrons. The maximum absolute atomic E-state index is 9.69. The first-order valence-electron chi connectivity index (χ1n) is 4.88. The van der Waals surface area contributed by atoms with Crippen LogP contribution in [0, 0.1) is 0 Å². The van der Waals surface area contributed by atoms with Crippen molar-refractivity contribution in [1.29, 1.82) is 0 Å². The van der Waals surface area contributed by atoms with E-state index in [4.69, 9.17) is 4.74 Å². The lowest BCUT2D eigenvalue weighted by Gasteiger charge is -2.33. The summed E-state index contributed by atoms with van der Waals surface area (Å²) < 4.78 is 5.78. The topological polar surface area (TPSA) is 29.5 Å². The summed E-state index contributed by atoms with van der Waals surface area (Å²) in [4.78, 5) is 0. The van der Waals surface area contributed by atoms with Crippen molar-refractivity contribution in [2.75, 3.05) is 0 Å². The Hall–Kier alpha value is -0.760. The Kier molecular flexibility index (Phi) is 1.95. The number of ether oxygens (including phenoxy) is 1. The van der Waals surface area contributed by atoms with Gasteiger partial charge in [-0.2, -0.15) is 0 Å². The summed E-state index contributed by atoms with van der Waals surface area (Å²) in [6.45, 7) is 4.07. The van der Waals surface area contributed by atoms with Gasteiger partial charge in [0.15, 0.2) is 0 Å². The van der Waals surface area contributed by atoms with E-state index < -0.39 is 0 Å². The van der Waals surface area contributed by atoms with Gasteiger partial charge >= 0.3 is 0 Å². The molecule has 0 fully saturated rings. The lowest BCUT2D eigenvalue weighted by molar-refractivity contribution is 0.0510. The van der Waals surface area contributed by atoms with Crippen LogP contribution in [0.25, 0.3) is 0 Å². The highest BCUT2D eigenvalue weighted by atomic mass is 16.5. The Morgan fingerprint density at radius 1 is 1.54 bits per heavy atom. The van der Waals surface area contributed by atoms with Crippen LogP contribution in [0.1, 0.15) is 33.1 Å². The molecule has 0 spiro atoms. The van der Waals surface area contributed by atoms with Crippen molar-refractivity contribution in [3.05, 3.63) is 23.5 Å². The van der Waals surface area contributed by atoms with Crippen LogP contribution < -0.4 is 0 Å². The van der Waals surface area contributed by atoms with Crippen LogP contribution in [-0.4, -0.2) is 16.8 Å². The molecular weight excluding hydrogens is 164 g/mol. The van der Waals surface area contributed by atoms with Crippen LogP contribution in [0.15, 0.2) is 23.5 Å². The average Bonchev–Trinajstić information content (AvgIpc) is 2.02. The Labute approximate surface area is 78.9 Å². The van der Waals surface area contributed by atoms with E-state index in [9.17, 15) is 5.11 Å². The molecule has 0 saturated carbocycles. The van der Waals surface area contributed by atoms with E-state index in [0.29, 0.717) is 0 Å². The molecule has 1 atom stereocenters. The predicted molar refractivity (Wildman–Crippen MR) is 51.2 cm³/mol.